The third-order valence-corrected chi connectivity index (χ3v) is 6.06. The van der Waals surface area contributed by atoms with E-state index in [0.717, 1.165) is 23.0 Å². The highest BCUT2D eigenvalue weighted by Gasteiger charge is 2.16. The summed E-state index contributed by atoms with van der Waals surface area (Å²) in [4.78, 5) is 39.3. The summed E-state index contributed by atoms with van der Waals surface area (Å²) < 4.78 is 2.53. The molecule has 6 nitrogen and oxygen atoms in total. The smallest absolute Gasteiger partial charge is 0.332 e. The molecule has 0 fully saturated rings. The van der Waals surface area contributed by atoms with Crippen LogP contribution in [0.5, 0.6) is 0 Å². The monoisotopic (exact) mass is 475 g/mol. The van der Waals surface area contributed by atoms with Crippen LogP contribution in [-0.4, -0.2) is 21.1 Å². The first kappa shape index (κ1) is 23.5. The summed E-state index contributed by atoms with van der Waals surface area (Å²) in [5.74, 6) is -0.274. The minimum atomic E-state index is -0.522. The molecule has 0 saturated carbocycles. The molecule has 1 amide bonds. The van der Waals surface area contributed by atoms with Gasteiger partial charge in [0.15, 0.2) is 0 Å². The molecule has 1 aromatic heterocycles. The van der Waals surface area contributed by atoms with Crippen LogP contribution in [0.2, 0.25) is 5.02 Å². The van der Waals surface area contributed by atoms with Crippen molar-refractivity contribution in [3.63, 3.8) is 0 Å². The molecule has 0 bridgehead atoms. The number of fused-ring (bicyclic) bond motifs is 1. The Morgan fingerprint density at radius 2 is 1.56 bits per heavy atom. The largest absolute Gasteiger partial charge is 0.352 e. The first-order valence-electron chi connectivity index (χ1n) is 11.2. The average Bonchev–Trinajstić information content (AvgIpc) is 2.85. The minimum absolute atomic E-state index is 0.0605. The van der Waals surface area contributed by atoms with Crippen molar-refractivity contribution in [1.29, 1.82) is 0 Å². The van der Waals surface area contributed by atoms with Crippen molar-refractivity contribution < 1.29 is 4.79 Å². The molecule has 34 heavy (non-hydrogen) atoms. The summed E-state index contributed by atoms with van der Waals surface area (Å²) >= 11 is 5.96. The van der Waals surface area contributed by atoms with Crippen molar-refractivity contribution in [3.8, 4) is 0 Å². The van der Waals surface area contributed by atoms with Crippen LogP contribution in [-0.2, 0) is 24.3 Å². The number of aryl methyl sites for hydroxylation is 1. The predicted molar refractivity (Wildman–Crippen MR) is 135 cm³/mol. The average molecular weight is 476 g/mol. The van der Waals surface area contributed by atoms with E-state index in [1.54, 1.807) is 48.5 Å². The highest BCUT2D eigenvalue weighted by atomic mass is 35.5. The first-order valence-corrected chi connectivity index (χ1v) is 11.6. The van der Waals surface area contributed by atoms with Crippen molar-refractivity contribution >= 4 is 28.4 Å². The van der Waals surface area contributed by atoms with Gasteiger partial charge in [-0.3, -0.25) is 18.7 Å². The van der Waals surface area contributed by atoms with Gasteiger partial charge in [0.25, 0.3) is 5.56 Å². The van der Waals surface area contributed by atoms with Gasteiger partial charge in [0, 0.05) is 11.1 Å². The number of aromatic nitrogens is 2. The van der Waals surface area contributed by atoms with E-state index >= 15 is 0 Å². The maximum atomic E-state index is 13.3. The van der Waals surface area contributed by atoms with Crippen LogP contribution in [0.25, 0.3) is 10.9 Å². The number of hydrogen-bond acceptors (Lipinski definition) is 3. The summed E-state index contributed by atoms with van der Waals surface area (Å²) in [5.41, 5.74) is 1.51. The van der Waals surface area contributed by atoms with E-state index in [2.05, 4.69) is 17.4 Å². The van der Waals surface area contributed by atoms with Crippen LogP contribution >= 0.6 is 11.6 Å². The second kappa shape index (κ2) is 10.5. The molecule has 0 spiro atoms. The molecule has 174 valence electrons. The Balaban J connectivity index is 1.57. The van der Waals surface area contributed by atoms with E-state index in [-0.39, 0.29) is 30.6 Å². The van der Waals surface area contributed by atoms with E-state index in [1.165, 1.54) is 10.1 Å². The third kappa shape index (κ3) is 5.46. The predicted octanol–water partition coefficient (Wildman–Crippen LogP) is 4.00. The number of rotatable bonds is 8. The van der Waals surface area contributed by atoms with E-state index in [9.17, 15) is 14.4 Å². The zero-order chi connectivity index (χ0) is 24.1. The Hall–Kier alpha value is -3.64. The fraction of sp³-hybridized carbons (Fsp3) is 0.222. The lowest BCUT2D eigenvalue weighted by Crippen LogP contribution is -2.44. The van der Waals surface area contributed by atoms with Crippen LogP contribution < -0.4 is 16.6 Å². The van der Waals surface area contributed by atoms with Crippen molar-refractivity contribution in [3.05, 3.63) is 116 Å². The number of benzene rings is 3. The number of hydrogen-bond donors (Lipinski definition) is 1. The van der Waals surface area contributed by atoms with Crippen molar-refractivity contribution in [1.82, 2.24) is 14.5 Å². The molecule has 0 saturated heterocycles. The van der Waals surface area contributed by atoms with E-state index in [0.29, 0.717) is 15.9 Å². The number of nitrogens with one attached hydrogen (secondary N) is 1. The lowest BCUT2D eigenvalue weighted by molar-refractivity contribution is -0.122. The summed E-state index contributed by atoms with van der Waals surface area (Å²) in [5, 5.41) is 3.94. The number of carbonyl (C=O) groups excluding carboxylic acids is 1. The normalized spacial score (nSPS) is 11.9. The molecule has 0 unspecified atom stereocenters. The molecule has 1 atom stereocenters. The van der Waals surface area contributed by atoms with Crippen LogP contribution in [0, 0.1) is 0 Å². The topological polar surface area (TPSA) is 73.1 Å². The molecule has 0 radical (unpaired) electrons. The molecular weight excluding hydrogens is 450 g/mol. The van der Waals surface area contributed by atoms with E-state index in [1.807, 2.05) is 25.1 Å². The highest BCUT2D eigenvalue weighted by Crippen LogP contribution is 2.12. The Labute approximate surface area is 202 Å². The van der Waals surface area contributed by atoms with Gasteiger partial charge in [-0.25, -0.2) is 4.79 Å². The molecule has 4 aromatic rings. The summed E-state index contributed by atoms with van der Waals surface area (Å²) in [7, 11) is 0. The Morgan fingerprint density at radius 1 is 0.882 bits per heavy atom. The fourth-order valence-electron chi connectivity index (χ4n) is 4.00. The van der Waals surface area contributed by atoms with Gasteiger partial charge in [-0.2, -0.15) is 0 Å². The van der Waals surface area contributed by atoms with Gasteiger partial charge >= 0.3 is 5.69 Å². The molecule has 7 heteroatoms. The van der Waals surface area contributed by atoms with Gasteiger partial charge in [0.05, 0.1) is 17.4 Å². The van der Waals surface area contributed by atoms with Crippen LogP contribution in [0.1, 0.15) is 24.5 Å². The molecular formula is C27H26ClN3O3. The SMILES string of the molecule is C[C@@H](CCc1ccccc1)NC(=O)Cn1c(=O)n(Cc2ccc(Cl)cc2)c(=O)c2ccccc21. The van der Waals surface area contributed by atoms with Crippen LogP contribution in [0.3, 0.4) is 0 Å². The molecule has 0 aliphatic carbocycles. The van der Waals surface area contributed by atoms with Crippen molar-refractivity contribution in [2.45, 2.75) is 38.9 Å². The molecule has 3 aromatic carbocycles. The number of nitrogens with zero attached hydrogens (tertiary/aromatic N) is 2. The van der Waals surface area contributed by atoms with Gasteiger partial charge in [-0.05, 0) is 55.2 Å². The highest BCUT2D eigenvalue weighted by molar-refractivity contribution is 6.30. The van der Waals surface area contributed by atoms with Gasteiger partial charge in [-0.1, -0.05) is 66.2 Å². The third-order valence-electron chi connectivity index (χ3n) is 5.80. The lowest BCUT2D eigenvalue weighted by atomic mass is 10.1. The van der Waals surface area contributed by atoms with Crippen LogP contribution in [0.4, 0.5) is 0 Å². The molecule has 1 heterocycles. The van der Waals surface area contributed by atoms with Gasteiger partial charge in [0.1, 0.15) is 6.54 Å². The number of halogens is 1. The standard InChI is InChI=1S/C27H26ClN3O3/c1-19(11-12-20-7-3-2-4-8-20)29-25(32)18-30-24-10-6-5-9-23(24)26(33)31(27(30)34)17-21-13-15-22(28)16-14-21/h2-10,13-16,19H,11-12,17-18H2,1H3,(H,29,32)/t19-/m0/s1. The number of carbonyl (C=O) groups is 1. The zero-order valence-corrected chi connectivity index (χ0v) is 19.7. The summed E-state index contributed by atoms with van der Waals surface area (Å²) in [6, 6.07) is 23.9. The molecule has 0 aliphatic rings. The quantitative estimate of drug-likeness (QED) is 0.418. The van der Waals surface area contributed by atoms with Crippen LogP contribution in [0.15, 0.2) is 88.5 Å². The summed E-state index contributed by atoms with van der Waals surface area (Å²) in [6.07, 6.45) is 1.62. The zero-order valence-electron chi connectivity index (χ0n) is 18.9. The van der Waals surface area contributed by atoms with E-state index < -0.39 is 5.69 Å². The van der Waals surface area contributed by atoms with Gasteiger partial charge in [0.2, 0.25) is 5.91 Å². The number of amides is 1. The van der Waals surface area contributed by atoms with E-state index in [4.69, 9.17) is 11.6 Å². The maximum Gasteiger partial charge on any atom is 0.332 e. The Kier molecular flexibility index (Phi) is 7.28. The minimum Gasteiger partial charge on any atom is -0.352 e. The number of para-hydroxylation sites is 1. The van der Waals surface area contributed by atoms with Gasteiger partial charge < -0.3 is 5.32 Å². The molecule has 0 aliphatic heterocycles. The summed E-state index contributed by atoms with van der Waals surface area (Å²) in [6.45, 7) is 1.87. The maximum absolute atomic E-state index is 13.3. The first-order chi connectivity index (χ1) is 16.4. The second-order valence-electron chi connectivity index (χ2n) is 8.40. The van der Waals surface area contributed by atoms with Crippen molar-refractivity contribution in [2.75, 3.05) is 0 Å². The Morgan fingerprint density at radius 3 is 2.29 bits per heavy atom. The second-order valence-corrected chi connectivity index (χ2v) is 8.83. The fourth-order valence-corrected chi connectivity index (χ4v) is 4.13. The lowest BCUT2D eigenvalue weighted by Gasteiger charge is -2.17. The molecule has 4 rings (SSSR count). The van der Waals surface area contributed by atoms with Gasteiger partial charge in [-0.15, -0.1) is 0 Å². The Bertz CT molecular complexity index is 1410. The molecule has 1 N–H and O–H groups in total. The van der Waals surface area contributed by atoms with Crippen molar-refractivity contribution in [2.24, 2.45) is 0 Å².